The maximum atomic E-state index is 13.4. The molecule has 0 spiro atoms. The van der Waals surface area contributed by atoms with E-state index in [9.17, 15) is 8.78 Å². The third-order valence-corrected chi connectivity index (χ3v) is 3.88. The zero-order valence-corrected chi connectivity index (χ0v) is 11.6. The molecule has 0 atom stereocenters. The summed E-state index contributed by atoms with van der Waals surface area (Å²) in [4.78, 5) is 0.952. The second-order valence-electron chi connectivity index (χ2n) is 3.36. The number of hydrogen-bond donors (Lipinski definition) is 1. The molecule has 2 N–H and O–H groups in total. The van der Waals surface area contributed by atoms with Crippen molar-refractivity contribution in [3.8, 4) is 0 Å². The van der Waals surface area contributed by atoms with E-state index in [4.69, 9.17) is 5.73 Å². The summed E-state index contributed by atoms with van der Waals surface area (Å²) in [5.41, 5.74) is 6.38. The molecule has 0 saturated carbocycles. The molecule has 5 heteroatoms. The van der Waals surface area contributed by atoms with Gasteiger partial charge in [0, 0.05) is 14.2 Å². The number of rotatable bonds is 2. The van der Waals surface area contributed by atoms with E-state index in [2.05, 4.69) is 22.6 Å². The van der Waals surface area contributed by atoms with Gasteiger partial charge in [0.25, 0.3) is 0 Å². The molecule has 2 aromatic rings. The minimum absolute atomic E-state index is 0.234. The van der Waals surface area contributed by atoms with Crippen molar-refractivity contribution in [1.82, 2.24) is 0 Å². The third kappa shape index (κ3) is 3.10. The van der Waals surface area contributed by atoms with Gasteiger partial charge in [-0.1, -0.05) is 11.8 Å². The molecular formula is C12H8F2INS. The molecule has 0 radical (unpaired) electrons. The summed E-state index contributed by atoms with van der Waals surface area (Å²) in [6, 6.07) is 8.83. The Morgan fingerprint density at radius 2 is 1.76 bits per heavy atom. The van der Waals surface area contributed by atoms with Gasteiger partial charge >= 0.3 is 0 Å². The predicted molar refractivity (Wildman–Crippen MR) is 74.1 cm³/mol. The van der Waals surface area contributed by atoms with Crippen molar-refractivity contribution in [1.29, 1.82) is 0 Å². The molecule has 2 rings (SSSR count). The van der Waals surface area contributed by atoms with Gasteiger partial charge in [-0.15, -0.1) is 0 Å². The molecule has 0 amide bonds. The monoisotopic (exact) mass is 363 g/mol. The molecule has 17 heavy (non-hydrogen) atoms. The summed E-state index contributed by atoms with van der Waals surface area (Å²) in [5.74, 6) is -0.910. The van der Waals surface area contributed by atoms with Crippen LogP contribution in [0.4, 0.5) is 14.5 Å². The maximum absolute atomic E-state index is 13.4. The minimum Gasteiger partial charge on any atom is -0.398 e. The van der Waals surface area contributed by atoms with Crippen LogP contribution in [-0.2, 0) is 0 Å². The topological polar surface area (TPSA) is 26.0 Å². The van der Waals surface area contributed by atoms with Gasteiger partial charge in [-0.05, 0) is 59.0 Å². The van der Waals surface area contributed by atoms with Gasteiger partial charge in [-0.25, -0.2) is 8.78 Å². The van der Waals surface area contributed by atoms with Gasteiger partial charge in [-0.3, -0.25) is 0 Å². The van der Waals surface area contributed by atoms with E-state index in [0.29, 0.717) is 5.69 Å². The maximum Gasteiger partial charge on any atom is 0.137 e. The minimum atomic E-state index is -0.460. The molecule has 0 aliphatic rings. The summed E-state index contributed by atoms with van der Waals surface area (Å²) in [6.45, 7) is 0. The lowest BCUT2D eigenvalue weighted by Crippen LogP contribution is -1.90. The highest BCUT2D eigenvalue weighted by atomic mass is 127. The average Bonchev–Trinajstić information content (AvgIpc) is 2.27. The largest absolute Gasteiger partial charge is 0.398 e. The normalized spacial score (nSPS) is 10.5. The average molecular weight is 363 g/mol. The zero-order valence-electron chi connectivity index (χ0n) is 8.58. The first-order valence-electron chi connectivity index (χ1n) is 4.74. The van der Waals surface area contributed by atoms with Crippen LogP contribution in [-0.4, -0.2) is 0 Å². The molecule has 0 fully saturated rings. The Morgan fingerprint density at radius 1 is 1.00 bits per heavy atom. The first-order chi connectivity index (χ1) is 8.06. The van der Waals surface area contributed by atoms with E-state index in [1.54, 1.807) is 12.1 Å². The van der Waals surface area contributed by atoms with Gasteiger partial charge in [-0.2, -0.15) is 0 Å². The van der Waals surface area contributed by atoms with Crippen molar-refractivity contribution in [2.45, 2.75) is 9.79 Å². The van der Waals surface area contributed by atoms with Gasteiger partial charge < -0.3 is 5.73 Å². The number of hydrogen-bond acceptors (Lipinski definition) is 2. The molecule has 0 aliphatic carbocycles. The Morgan fingerprint density at radius 3 is 2.47 bits per heavy atom. The van der Waals surface area contributed by atoms with Crippen LogP contribution >= 0.6 is 34.4 Å². The third-order valence-electron chi connectivity index (χ3n) is 2.08. The van der Waals surface area contributed by atoms with Crippen LogP contribution in [0.25, 0.3) is 0 Å². The summed E-state index contributed by atoms with van der Waals surface area (Å²) in [6.07, 6.45) is 0. The van der Waals surface area contributed by atoms with E-state index >= 15 is 0 Å². The highest BCUT2D eigenvalue weighted by Crippen LogP contribution is 2.34. The van der Waals surface area contributed by atoms with E-state index in [1.165, 1.54) is 0 Å². The lowest BCUT2D eigenvalue weighted by molar-refractivity contribution is 0.577. The van der Waals surface area contributed by atoms with Crippen LogP contribution in [0.15, 0.2) is 46.2 Å². The van der Waals surface area contributed by atoms with Crippen molar-refractivity contribution in [2.75, 3.05) is 5.73 Å². The second kappa shape index (κ2) is 5.22. The van der Waals surface area contributed by atoms with Crippen LogP contribution in [0.1, 0.15) is 0 Å². The summed E-state index contributed by atoms with van der Waals surface area (Å²) in [5, 5.41) is 0. The SMILES string of the molecule is Nc1cc(I)ccc1Sc1cc(F)ccc1F. The molecule has 0 saturated heterocycles. The molecule has 0 aromatic heterocycles. The quantitative estimate of drug-likeness (QED) is 0.636. The fourth-order valence-electron chi connectivity index (χ4n) is 1.29. The van der Waals surface area contributed by atoms with Crippen LogP contribution in [0.2, 0.25) is 0 Å². The van der Waals surface area contributed by atoms with E-state index in [-0.39, 0.29) is 4.90 Å². The van der Waals surface area contributed by atoms with Gasteiger partial charge in [0.1, 0.15) is 11.6 Å². The number of halogens is 3. The molecule has 88 valence electrons. The highest BCUT2D eigenvalue weighted by molar-refractivity contribution is 14.1. The van der Waals surface area contributed by atoms with Crippen molar-refractivity contribution < 1.29 is 8.78 Å². The second-order valence-corrected chi connectivity index (χ2v) is 5.69. The lowest BCUT2D eigenvalue weighted by Gasteiger charge is -2.06. The predicted octanol–water partition coefficient (Wildman–Crippen LogP) is 4.30. The van der Waals surface area contributed by atoms with Gasteiger partial charge in [0.2, 0.25) is 0 Å². The fourth-order valence-corrected chi connectivity index (χ4v) is 2.69. The molecule has 2 aromatic carbocycles. The van der Waals surface area contributed by atoms with Crippen LogP contribution < -0.4 is 5.73 Å². The van der Waals surface area contributed by atoms with Gasteiger partial charge in [0.05, 0.1) is 4.90 Å². The van der Waals surface area contributed by atoms with Crippen molar-refractivity contribution >= 4 is 40.0 Å². The highest BCUT2D eigenvalue weighted by Gasteiger charge is 2.08. The summed E-state index contributed by atoms with van der Waals surface area (Å²) < 4.78 is 27.4. The number of nitrogen functional groups attached to an aromatic ring is 1. The van der Waals surface area contributed by atoms with E-state index in [0.717, 1.165) is 38.4 Å². The molecule has 0 aliphatic heterocycles. The van der Waals surface area contributed by atoms with Crippen LogP contribution in [0.3, 0.4) is 0 Å². The standard InChI is InChI=1S/C12H8F2INS/c13-7-1-3-9(14)12(5-7)17-11-4-2-8(15)6-10(11)16/h1-6H,16H2. The Hall–Kier alpha value is -0.820. The molecule has 0 unspecified atom stereocenters. The Kier molecular flexibility index (Phi) is 3.88. The number of anilines is 1. The molecular weight excluding hydrogens is 355 g/mol. The molecule has 1 nitrogen and oxygen atoms in total. The molecule has 0 bridgehead atoms. The zero-order chi connectivity index (χ0) is 12.4. The Bertz CT molecular complexity index is 560. The Labute approximate surface area is 116 Å². The van der Waals surface area contributed by atoms with Crippen LogP contribution in [0, 0.1) is 15.2 Å². The van der Waals surface area contributed by atoms with Crippen LogP contribution in [0.5, 0.6) is 0 Å². The summed E-state index contributed by atoms with van der Waals surface area (Å²) >= 11 is 3.26. The first-order valence-corrected chi connectivity index (χ1v) is 6.64. The van der Waals surface area contributed by atoms with Gasteiger partial charge in [0.15, 0.2) is 0 Å². The lowest BCUT2D eigenvalue weighted by atomic mass is 10.3. The van der Waals surface area contributed by atoms with Crippen molar-refractivity contribution in [3.05, 3.63) is 51.6 Å². The molecule has 0 heterocycles. The number of benzene rings is 2. The van der Waals surface area contributed by atoms with E-state index < -0.39 is 11.6 Å². The number of nitrogens with two attached hydrogens (primary N) is 1. The summed E-state index contributed by atoms with van der Waals surface area (Å²) in [7, 11) is 0. The smallest absolute Gasteiger partial charge is 0.137 e. The Balaban J connectivity index is 2.34. The van der Waals surface area contributed by atoms with E-state index in [1.807, 2.05) is 6.07 Å². The first kappa shape index (κ1) is 12.6. The van der Waals surface area contributed by atoms with Crippen molar-refractivity contribution in [3.63, 3.8) is 0 Å². The van der Waals surface area contributed by atoms with Crippen molar-refractivity contribution in [2.24, 2.45) is 0 Å². The fraction of sp³-hybridized carbons (Fsp3) is 0.